The van der Waals surface area contributed by atoms with Gasteiger partial charge in [0.1, 0.15) is 0 Å². The fourth-order valence-corrected chi connectivity index (χ4v) is 0. The second-order valence-electron chi connectivity index (χ2n) is 0.513. The first-order valence-corrected chi connectivity index (χ1v) is 2.35. The monoisotopic (exact) mass is 210 g/mol. The van der Waals surface area contributed by atoms with E-state index in [1.807, 2.05) is 0 Å². The van der Waals surface area contributed by atoms with Crippen LogP contribution in [0.4, 0.5) is 0 Å². The van der Waals surface area contributed by atoms with Gasteiger partial charge in [0.2, 0.25) is 0 Å². The molecule has 0 radical (unpaired) electrons. The van der Waals surface area contributed by atoms with Crippen molar-refractivity contribution in [2.24, 2.45) is 0 Å². The summed E-state index contributed by atoms with van der Waals surface area (Å²) in [6.45, 7) is 0. The molecule has 0 aliphatic carbocycles. The second-order valence-corrected chi connectivity index (χ2v) is 1.54. The van der Waals surface area contributed by atoms with Crippen LogP contribution in [0.1, 0.15) is 0 Å². The van der Waals surface area contributed by atoms with E-state index in [2.05, 4.69) is 0 Å². The molecule has 0 fully saturated rings. The average molecular weight is 210 g/mol. The van der Waals surface area contributed by atoms with Crippen LogP contribution >= 0.6 is 7.82 Å². The molecule has 0 aromatic rings. The molecule has 3 N–H and O–H groups in total. The van der Waals surface area contributed by atoms with Gasteiger partial charge in [-0.3, -0.25) is 0 Å². The van der Waals surface area contributed by atoms with E-state index in [4.69, 9.17) is 19.2 Å². The van der Waals surface area contributed by atoms with E-state index in [0.717, 1.165) is 0 Å². The molecule has 9 heavy (non-hydrogen) atoms. The van der Waals surface area contributed by atoms with Crippen LogP contribution in [-0.2, 0) is 4.57 Å². The Morgan fingerprint density at radius 1 is 0.889 bits per heavy atom. The van der Waals surface area contributed by atoms with Crippen molar-refractivity contribution in [3.8, 4) is 0 Å². The Kier molecular flexibility index (Phi) is 49.4. The first-order chi connectivity index (χ1) is 2.00. The van der Waals surface area contributed by atoms with Crippen LogP contribution in [0.5, 0.6) is 0 Å². The molecule has 0 heterocycles. The van der Waals surface area contributed by atoms with Crippen molar-refractivity contribution in [1.82, 2.24) is 0 Å². The molecule has 0 bridgehead atoms. The summed E-state index contributed by atoms with van der Waals surface area (Å²) in [4.78, 5) is 21.6. The van der Waals surface area contributed by atoms with Crippen molar-refractivity contribution in [1.29, 1.82) is 0 Å². The zero-order valence-electron chi connectivity index (χ0n) is 2.20. The summed E-state index contributed by atoms with van der Waals surface area (Å²) in [5, 5.41) is 0. The van der Waals surface area contributed by atoms with Gasteiger partial charge in [0.25, 0.3) is 0 Å². The second kappa shape index (κ2) is 15.2. The zero-order valence-corrected chi connectivity index (χ0v) is 3.09. The summed E-state index contributed by atoms with van der Waals surface area (Å²) in [5.74, 6) is 0. The van der Waals surface area contributed by atoms with Gasteiger partial charge in [-0.25, -0.2) is 4.57 Å². The van der Waals surface area contributed by atoms with Crippen LogP contribution in [0.2, 0.25) is 0 Å². The van der Waals surface area contributed by atoms with Crippen molar-refractivity contribution >= 4 is 148 Å². The van der Waals surface area contributed by atoms with Crippen LogP contribution in [0.25, 0.3) is 0 Å². The van der Waals surface area contributed by atoms with Crippen LogP contribution in [0.15, 0.2) is 0 Å². The molecule has 0 rings (SSSR count). The quantitative estimate of drug-likeness (QED) is 0.286. The minimum absolute atomic E-state index is 0. The number of phosphoric acid groups is 1. The van der Waals surface area contributed by atoms with Gasteiger partial charge in [0.05, 0.1) is 0 Å². The topological polar surface area (TPSA) is 77.8 Å². The summed E-state index contributed by atoms with van der Waals surface area (Å²) in [5.41, 5.74) is 0. The summed E-state index contributed by atoms with van der Waals surface area (Å²) in [6.07, 6.45) is 0. The van der Waals surface area contributed by atoms with Crippen molar-refractivity contribution < 1.29 is 19.2 Å². The average Bonchev–Trinajstić information content (AvgIpc) is 0.722. The fraction of sp³-hybridized carbons (Fsp3) is 0. The molecule has 0 spiro atoms. The van der Waals surface area contributed by atoms with Gasteiger partial charge in [0.15, 0.2) is 0 Å². The van der Waals surface area contributed by atoms with E-state index in [1.165, 1.54) is 0 Å². The van der Waals surface area contributed by atoms with Crippen LogP contribution in [-0.4, -0.2) is 155 Å². The van der Waals surface area contributed by atoms with Gasteiger partial charge in [-0.1, -0.05) is 0 Å². The van der Waals surface area contributed by atoms with E-state index in [0.29, 0.717) is 0 Å². The van der Waals surface area contributed by atoms with E-state index in [9.17, 15) is 0 Å². The van der Waals surface area contributed by atoms with E-state index >= 15 is 0 Å². The van der Waals surface area contributed by atoms with Gasteiger partial charge in [-0.2, -0.15) is 0 Å². The van der Waals surface area contributed by atoms with Gasteiger partial charge in [0, 0.05) is 0 Å². The normalized spacial score (nSPS) is 6.56. The molecule has 0 aromatic heterocycles. The van der Waals surface area contributed by atoms with Crippen molar-refractivity contribution in [3.63, 3.8) is 0 Å². The third kappa shape index (κ3) is 65.3. The molecule has 0 aliphatic rings. The number of rotatable bonds is 0. The van der Waals surface area contributed by atoms with Crippen molar-refractivity contribution in [3.05, 3.63) is 0 Å². The fourth-order valence-electron chi connectivity index (χ4n) is 0. The van der Waals surface area contributed by atoms with Crippen molar-refractivity contribution in [2.45, 2.75) is 0 Å². The van der Waals surface area contributed by atoms with Gasteiger partial charge < -0.3 is 14.7 Å². The molecule has 0 unspecified atom stereocenters. The molecular weight excluding hydrogens is 203 g/mol. The molecule has 0 aromatic carbocycles. The maximum absolute atomic E-state index is 8.88. The Balaban J connectivity index is -0.0000000133. The maximum atomic E-state index is 8.88. The molecular formula is H7KNa3O4P. The van der Waals surface area contributed by atoms with Crippen LogP contribution in [0.3, 0.4) is 0 Å². The standard InChI is InChI=1S/K.3Na.H3O4P.4H/c;;;;1-5(2,3)4;;;;/h;;;;(H3,1,2,3,4);;;;. The van der Waals surface area contributed by atoms with Crippen LogP contribution in [0, 0.1) is 0 Å². The van der Waals surface area contributed by atoms with E-state index < -0.39 is 7.82 Å². The van der Waals surface area contributed by atoms with E-state index in [-0.39, 0.29) is 140 Å². The van der Waals surface area contributed by atoms with Gasteiger partial charge in [-0.15, -0.1) is 0 Å². The third-order valence-electron chi connectivity index (χ3n) is 0. The van der Waals surface area contributed by atoms with Gasteiger partial charge in [-0.05, 0) is 0 Å². The Hall–Kier alpha value is 4.75. The third-order valence-corrected chi connectivity index (χ3v) is 0. The molecule has 4 nitrogen and oxygen atoms in total. The summed E-state index contributed by atoms with van der Waals surface area (Å²) in [6, 6.07) is 0. The first kappa shape index (κ1) is 29.2. The molecule has 0 aliphatic heterocycles. The van der Waals surface area contributed by atoms with Crippen molar-refractivity contribution in [2.75, 3.05) is 0 Å². The summed E-state index contributed by atoms with van der Waals surface area (Å²) in [7, 11) is -4.64. The Bertz CT molecular complexity index is 61.9. The molecule has 9 heteroatoms. The SMILES string of the molecule is O=P(O)(O)O.[KH].[NaH].[NaH].[NaH]. The molecule has 0 atom stereocenters. The molecule has 40 valence electrons. The zero-order chi connectivity index (χ0) is 4.50. The molecule has 0 amide bonds. The van der Waals surface area contributed by atoms with E-state index in [1.54, 1.807) is 0 Å². The Labute approximate surface area is 162 Å². The predicted octanol–water partition coefficient (Wildman–Crippen LogP) is -3.52. The summed E-state index contributed by atoms with van der Waals surface area (Å²) < 4.78 is 8.88. The van der Waals surface area contributed by atoms with Crippen LogP contribution < -0.4 is 0 Å². The Morgan fingerprint density at radius 3 is 0.889 bits per heavy atom. The Morgan fingerprint density at radius 2 is 0.889 bits per heavy atom. The molecule has 0 saturated heterocycles. The van der Waals surface area contributed by atoms with Gasteiger partial charge >= 0.3 is 148 Å². The molecule has 0 saturated carbocycles. The minimum atomic E-state index is -4.64. The number of hydrogen-bond acceptors (Lipinski definition) is 1. The first-order valence-electron chi connectivity index (χ1n) is 0.783. The number of hydrogen-bond donors (Lipinski definition) is 3. The predicted molar refractivity (Wildman–Crippen MR) is 42.9 cm³/mol. The summed E-state index contributed by atoms with van der Waals surface area (Å²) >= 11 is 0.